The molecule has 6 N–H and O–H groups in total. The van der Waals surface area contributed by atoms with Crippen molar-refractivity contribution in [2.75, 3.05) is 45.0 Å². The second kappa shape index (κ2) is 32.6. The van der Waals surface area contributed by atoms with Crippen LogP contribution < -0.4 is 21.9 Å². The fourth-order valence-electron chi connectivity index (χ4n) is 5.33. The molecule has 1 aliphatic rings. The number of aromatic carboxylic acids is 1. The third-order valence-corrected chi connectivity index (χ3v) is 8.54. The van der Waals surface area contributed by atoms with Gasteiger partial charge in [0.15, 0.2) is 16.8 Å². The van der Waals surface area contributed by atoms with Gasteiger partial charge in [-0.05, 0) is 77.9 Å². The lowest BCUT2D eigenvalue weighted by molar-refractivity contribution is -0.148. The molecule has 0 radical (unpaired) electrons. The molecular formula is C52H57N4O15+. The minimum Gasteiger partial charge on any atom is -0.500 e. The Labute approximate surface area is 409 Å². The third-order valence-electron chi connectivity index (χ3n) is 8.54. The van der Waals surface area contributed by atoms with E-state index in [-0.39, 0.29) is 60.7 Å². The molecule has 0 fully saturated rings. The highest BCUT2D eigenvalue weighted by atomic mass is 16.6. The highest BCUT2D eigenvalue weighted by Gasteiger charge is 2.22. The summed E-state index contributed by atoms with van der Waals surface area (Å²) < 4.78 is 28.7. The van der Waals surface area contributed by atoms with Crippen molar-refractivity contribution in [1.82, 2.24) is 9.97 Å². The quantitative estimate of drug-likeness (QED) is 0.0137. The Morgan fingerprint density at radius 1 is 0.592 bits per heavy atom. The Kier molecular flexibility index (Phi) is 26.6. The molecule has 19 heteroatoms. The second-order valence-corrected chi connectivity index (χ2v) is 13.4. The van der Waals surface area contributed by atoms with Gasteiger partial charge in [0.25, 0.3) is 0 Å². The first-order chi connectivity index (χ1) is 34.2. The maximum absolute atomic E-state index is 11.9. The van der Waals surface area contributed by atoms with Crippen LogP contribution in [0.3, 0.4) is 0 Å². The van der Waals surface area contributed by atoms with E-state index in [1.165, 1.54) is 18.6 Å². The monoisotopic (exact) mass is 977 g/mol. The van der Waals surface area contributed by atoms with Crippen LogP contribution in [0.2, 0.25) is 0 Å². The molecular weight excluding hydrogens is 921 g/mol. The molecule has 374 valence electrons. The number of H-pyrrole nitrogens is 2. The molecule has 6 rings (SSSR count). The lowest BCUT2D eigenvalue weighted by Crippen LogP contribution is -2.19. The number of carboxylic acids is 1. The molecule has 5 aromatic rings. The summed E-state index contributed by atoms with van der Waals surface area (Å²) in [6.07, 6.45) is 15.1. The van der Waals surface area contributed by atoms with E-state index in [1.54, 1.807) is 96.2 Å². The molecule has 71 heavy (non-hydrogen) atoms. The Morgan fingerprint density at radius 2 is 1.04 bits per heavy atom. The van der Waals surface area contributed by atoms with Crippen LogP contribution in [-0.4, -0.2) is 90.5 Å². The summed E-state index contributed by atoms with van der Waals surface area (Å²) in [6.45, 7) is 11.5. The summed E-state index contributed by atoms with van der Waals surface area (Å²) in [5.74, 6) is -4.67. The molecule has 19 nitrogen and oxygen atoms in total. The van der Waals surface area contributed by atoms with Gasteiger partial charge in [-0.3, -0.25) is 9.59 Å². The second-order valence-electron chi connectivity index (χ2n) is 13.4. The van der Waals surface area contributed by atoms with Crippen LogP contribution in [0.25, 0.3) is 21.8 Å². The zero-order valence-corrected chi connectivity index (χ0v) is 40.1. The van der Waals surface area contributed by atoms with E-state index in [0.29, 0.717) is 34.1 Å². The first-order valence-electron chi connectivity index (χ1n) is 22.0. The number of carbonyl (C=O) groups is 6. The number of para-hydroxylation sites is 3. The van der Waals surface area contributed by atoms with Crippen molar-refractivity contribution in [2.24, 2.45) is 5.73 Å². The zero-order valence-electron chi connectivity index (χ0n) is 40.1. The molecule has 3 aromatic carbocycles. The first kappa shape index (κ1) is 58.0. The van der Waals surface area contributed by atoms with Crippen molar-refractivity contribution >= 4 is 63.3 Å². The molecule has 0 amide bonds. The average molecular weight is 978 g/mol. The summed E-state index contributed by atoms with van der Waals surface area (Å²) in [7, 11) is 0. The van der Waals surface area contributed by atoms with Crippen LogP contribution in [0, 0.1) is 6.08 Å². The number of anilines is 1. The van der Waals surface area contributed by atoms with Gasteiger partial charge in [-0.15, -0.1) is 0 Å². The topological polar surface area (TPSA) is 282 Å². The number of nitrogens with one attached hydrogen (secondary N) is 3. The number of benzene rings is 3. The number of carboxylic acid groups (broad SMARTS) is 1. The maximum Gasteiger partial charge on any atom is 0.348 e. The van der Waals surface area contributed by atoms with E-state index >= 15 is 0 Å². The fourth-order valence-corrected chi connectivity index (χ4v) is 5.33. The SMILES string of the molecule is CCOC(=O)C(=CNc1ccccc1)C(=O)OCC.CCOC(=O)c1c[nH]c2ccccc2c1=O.CCOC=C(C(=O)OCC)C(=O)OCC.NC1=CC=CC=[C+]1.O=C(O)c1c[nH]c2ccccc2c1=O. The summed E-state index contributed by atoms with van der Waals surface area (Å²) in [4.78, 5) is 97.2. The van der Waals surface area contributed by atoms with Crippen LogP contribution in [0.15, 0.2) is 154 Å². The lowest BCUT2D eigenvalue weighted by atomic mass is 10.1. The van der Waals surface area contributed by atoms with Crippen LogP contribution in [0.1, 0.15) is 62.3 Å². The number of allylic oxidation sites excluding steroid dienone is 5. The highest BCUT2D eigenvalue weighted by Crippen LogP contribution is 2.10. The minimum absolute atomic E-state index is 0.0422. The van der Waals surface area contributed by atoms with E-state index in [1.807, 2.05) is 48.6 Å². The maximum atomic E-state index is 11.9. The Balaban J connectivity index is 0.000000311. The molecule has 0 aliphatic heterocycles. The fraction of sp³-hybridized carbons (Fsp3) is 0.231. The number of aromatic nitrogens is 2. The van der Waals surface area contributed by atoms with Gasteiger partial charge in [-0.2, -0.15) is 0 Å². The number of hydrogen-bond acceptors (Lipinski definition) is 16. The van der Waals surface area contributed by atoms with Crippen molar-refractivity contribution < 1.29 is 62.3 Å². The van der Waals surface area contributed by atoms with Crippen LogP contribution in [0.4, 0.5) is 5.69 Å². The predicted molar refractivity (Wildman–Crippen MR) is 266 cm³/mol. The molecule has 1 aliphatic carbocycles. The number of pyridine rings is 2. The summed E-state index contributed by atoms with van der Waals surface area (Å²) in [5, 5.41) is 12.5. The van der Waals surface area contributed by atoms with E-state index in [9.17, 15) is 38.4 Å². The number of aromatic amines is 2. The molecule has 0 spiro atoms. The van der Waals surface area contributed by atoms with E-state index in [2.05, 4.69) is 30.8 Å². The van der Waals surface area contributed by atoms with Crippen molar-refractivity contribution in [2.45, 2.75) is 41.5 Å². The molecule has 0 unspecified atom stereocenters. The Hall–Kier alpha value is -9.09. The van der Waals surface area contributed by atoms with Gasteiger partial charge in [0.05, 0.1) is 57.9 Å². The molecule has 0 saturated heterocycles. The first-order valence-corrected chi connectivity index (χ1v) is 22.0. The minimum atomic E-state index is -1.21. The number of esters is 5. The van der Waals surface area contributed by atoms with E-state index in [4.69, 9.17) is 29.8 Å². The number of rotatable bonds is 15. The predicted octanol–water partition coefficient (Wildman–Crippen LogP) is 6.83. The average Bonchev–Trinajstić information content (AvgIpc) is 3.36. The number of hydrogen-bond donors (Lipinski definition) is 5. The Bertz CT molecular complexity index is 2800. The van der Waals surface area contributed by atoms with Crippen LogP contribution >= 0.6 is 0 Å². The third kappa shape index (κ3) is 20.0. The van der Waals surface area contributed by atoms with Gasteiger partial charge in [0.2, 0.25) is 10.9 Å². The van der Waals surface area contributed by atoms with Crippen LogP contribution in [0.5, 0.6) is 0 Å². The van der Waals surface area contributed by atoms with E-state index < -0.39 is 41.2 Å². The van der Waals surface area contributed by atoms with E-state index in [0.717, 1.165) is 11.9 Å². The van der Waals surface area contributed by atoms with Gasteiger partial charge in [0, 0.05) is 52.2 Å². The standard InChI is InChI=1S/C14H17NO4.C12H11NO3.C10H7NO3.C10H16O5.C6H6N/c1-3-18-13(16)12(14(17)19-4-2)10-15-11-8-6-5-7-9-11;1-2-16-12(15)9-7-13-10-6-4-3-5-8(10)11(9)14;12-9-6-3-1-2-4-8(6)11-5-7(9)10(13)14;1-4-13-7-8(9(11)14-5-2)10(12)15-6-3;7-6-4-2-1-3-5-6/h5-10,15H,3-4H2,1-2H3;3-7H,2H2,1H3,(H,13,14);1-5H,(H,11,12)(H,13,14);7H,4-6H2,1-3H3;1-4H,7H2/q;;;;+1. The Morgan fingerprint density at radius 3 is 1.46 bits per heavy atom. The van der Waals surface area contributed by atoms with Gasteiger partial charge in [-0.25, -0.2) is 28.8 Å². The normalized spacial score (nSPS) is 10.3. The van der Waals surface area contributed by atoms with Crippen molar-refractivity contribution in [1.29, 1.82) is 0 Å². The molecule has 2 aromatic heterocycles. The zero-order chi connectivity index (χ0) is 52.6. The molecule has 0 bridgehead atoms. The highest BCUT2D eigenvalue weighted by molar-refractivity contribution is 6.14. The van der Waals surface area contributed by atoms with Gasteiger partial charge < -0.3 is 54.5 Å². The number of fused-ring (bicyclic) bond motifs is 2. The number of carbonyl (C=O) groups excluding carboxylic acids is 5. The van der Waals surface area contributed by atoms with Crippen molar-refractivity contribution in [3.05, 3.63) is 183 Å². The van der Waals surface area contributed by atoms with Crippen molar-refractivity contribution in [3.8, 4) is 0 Å². The number of nitrogens with two attached hydrogens (primary N) is 1. The van der Waals surface area contributed by atoms with Gasteiger partial charge >= 0.3 is 35.8 Å². The largest absolute Gasteiger partial charge is 0.500 e. The molecule has 0 atom stereocenters. The summed E-state index contributed by atoms with van der Waals surface area (Å²) >= 11 is 0. The molecule has 0 saturated carbocycles. The smallest absolute Gasteiger partial charge is 0.348 e. The molecule has 2 heterocycles. The lowest BCUT2D eigenvalue weighted by Gasteiger charge is -2.07. The van der Waals surface area contributed by atoms with Crippen LogP contribution in [-0.2, 0) is 47.6 Å². The van der Waals surface area contributed by atoms with Gasteiger partial charge in [-0.1, -0.05) is 42.5 Å². The summed E-state index contributed by atoms with van der Waals surface area (Å²) in [5.41, 5.74) is 6.78. The summed E-state index contributed by atoms with van der Waals surface area (Å²) in [6, 6.07) is 23.0. The van der Waals surface area contributed by atoms with Crippen molar-refractivity contribution in [3.63, 3.8) is 0 Å². The van der Waals surface area contributed by atoms with Gasteiger partial charge in [0.1, 0.15) is 23.5 Å². The number of ether oxygens (including phenoxy) is 6.